The predicted octanol–water partition coefficient (Wildman–Crippen LogP) is 3.46. The Morgan fingerprint density at radius 1 is 1.25 bits per heavy atom. The molecule has 2 heterocycles. The summed E-state index contributed by atoms with van der Waals surface area (Å²) < 4.78 is 10.7. The first-order valence-electron chi connectivity index (χ1n) is 7.57. The van der Waals surface area contributed by atoms with Gasteiger partial charge in [-0.15, -0.1) is 11.3 Å². The summed E-state index contributed by atoms with van der Waals surface area (Å²) in [5.74, 6) is -0.110. The van der Waals surface area contributed by atoms with E-state index in [1.807, 2.05) is 54.8 Å². The van der Waals surface area contributed by atoms with Crippen LogP contribution in [0.25, 0.3) is 11.0 Å². The van der Waals surface area contributed by atoms with Gasteiger partial charge in [-0.1, -0.05) is 24.3 Å². The van der Waals surface area contributed by atoms with Gasteiger partial charge in [0.25, 0.3) is 5.91 Å². The number of para-hydroxylation sites is 1. The highest BCUT2D eigenvalue weighted by atomic mass is 32.1. The van der Waals surface area contributed by atoms with Crippen molar-refractivity contribution in [1.82, 2.24) is 5.32 Å². The van der Waals surface area contributed by atoms with Crippen LogP contribution >= 0.6 is 11.3 Å². The number of amides is 1. The summed E-state index contributed by atoms with van der Waals surface area (Å²) in [6.45, 7) is 1.53. The molecule has 3 rings (SSSR count). The first kappa shape index (κ1) is 16.3. The molecule has 1 amide bonds. The number of furan rings is 1. The molecule has 0 aliphatic carbocycles. The largest absolute Gasteiger partial charge is 0.459 e. The smallest absolute Gasteiger partial charge is 0.311 e. The topological polar surface area (TPSA) is 68.5 Å². The number of rotatable bonds is 6. The fourth-order valence-corrected chi connectivity index (χ4v) is 3.01. The zero-order valence-corrected chi connectivity index (χ0v) is 14.0. The van der Waals surface area contributed by atoms with E-state index < -0.39 is 5.97 Å². The number of carbonyl (C=O) groups is 2. The summed E-state index contributed by atoms with van der Waals surface area (Å²) >= 11 is 1.48. The highest BCUT2D eigenvalue weighted by Gasteiger charge is 2.15. The van der Waals surface area contributed by atoms with Crippen LogP contribution in [0.15, 0.2) is 52.3 Å². The normalized spacial score (nSPS) is 12.0. The van der Waals surface area contributed by atoms with Crippen molar-refractivity contribution in [3.8, 4) is 0 Å². The number of esters is 1. The number of nitrogens with one attached hydrogen (secondary N) is 1. The van der Waals surface area contributed by atoms with Gasteiger partial charge in [-0.05, 0) is 30.5 Å². The zero-order valence-electron chi connectivity index (χ0n) is 13.2. The van der Waals surface area contributed by atoms with E-state index in [2.05, 4.69) is 5.32 Å². The number of benzene rings is 1. The first-order chi connectivity index (χ1) is 11.6. The average molecular weight is 343 g/mol. The van der Waals surface area contributed by atoms with Gasteiger partial charge in [-0.25, -0.2) is 0 Å². The van der Waals surface area contributed by atoms with Crippen molar-refractivity contribution in [1.29, 1.82) is 0 Å². The lowest BCUT2D eigenvalue weighted by atomic mass is 10.2. The molecule has 0 aliphatic rings. The van der Waals surface area contributed by atoms with E-state index >= 15 is 0 Å². The van der Waals surface area contributed by atoms with E-state index in [0.717, 1.165) is 15.8 Å². The van der Waals surface area contributed by atoms with Crippen molar-refractivity contribution in [2.45, 2.75) is 19.4 Å². The maximum Gasteiger partial charge on any atom is 0.311 e. The minimum Gasteiger partial charge on any atom is -0.459 e. The second-order valence-electron chi connectivity index (χ2n) is 5.39. The Morgan fingerprint density at radius 3 is 2.83 bits per heavy atom. The second-order valence-corrected chi connectivity index (χ2v) is 6.42. The molecule has 0 bridgehead atoms. The molecule has 124 valence electrons. The predicted molar refractivity (Wildman–Crippen MR) is 91.8 cm³/mol. The molecule has 1 atom stereocenters. The van der Waals surface area contributed by atoms with Crippen molar-refractivity contribution in [3.63, 3.8) is 0 Å². The fourth-order valence-electron chi connectivity index (χ4n) is 2.32. The van der Waals surface area contributed by atoms with Crippen molar-refractivity contribution in [3.05, 3.63) is 58.5 Å². The van der Waals surface area contributed by atoms with Crippen molar-refractivity contribution >= 4 is 34.2 Å². The highest BCUT2D eigenvalue weighted by molar-refractivity contribution is 7.10. The Labute approximate surface area is 143 Å². The van der Waals surface area contributed by atoms with Gasteiger partial charge >= 0.3 is 5.97 Å². The molecular weight excluding hydrogens is 326 g/mol. The standard InChI is InChI=1S/C18H17NO4S/c1-12(16-9-13-5-2-3-7-15(13)23-16)19-17(20)11-22-18(21)10-14-6-4-8-24-14/h2-9,12H,10-11H2,1H3,(H,19,20)/t12-/m0/s1. The summed E-state index contributed by atoms with van der Waals surface area (Å²) in [4.78, 5) is 24.5. The van der Waals surface area contributed by atoms with Crippen LogP contribution < -0.4 is 5.32 Å². The van der Waals surface area contributed by atoms with Gasteiger partial charge in [0.2, 0.25) is 0 Å². The number of hydrogen-bond acceptors (Lipinski definition) is 5. The van der Waals surface area contributed by atoms with Crippen molar-refractivity contribution in [2.75, 3.05) is 6.61 Å². The molecule has 24 heavy (non-hydrogen) atoms. The second kappa shape index (κ2) is 7.31. The molecule has 0 saturated heterocycles. The number of thiophene rings is 1. The van der Waals surface area contributed by atoms with Crippen molar-refractivity contribution < 1.29 is 18.7 Å². The summed E-state index contributed by atoms with van der Waals surface area (Å²) in [6.07, 6.45) is 0.185. The molecule has 1 aromatic carbocycles. The lowest BCUT2D eigenvalue weighted by Crippen LogP contribution is -2.31. The van der Waals surface area contributed by atoms with Crippen LogP contribution in [0.5, 0.6) is 0 Å². The third kappa shape index (κ3) is 4.02. The lowest BCUT2D eigenvalue weighted by Gasteiger charge is -2.11. The average Bonchev–Trinajstić information content (AvgIpc) is 3.21. The number of hydrogen-bond donors (Lipinski definition) is 1. The fraction of sp³-hybridized carbons (Fsp3) is 0.222. The third-order valence-electron chi connectivity index (χ3n) is 3.51. The van der Waals surface area contributed by atoms with Gasteiger partial charge in [0.1, 0.15) is 11.3 Å². The quantitative estimate of drug-likeness (QED) is 0.696. The Hall–Kier alpha value is -2.60. The van der Waals surface area contributed by atoms with Crippen LogP contribution in [-0.4, -0.2) is 18.5 Å². The Balaban J connectivity index is 1.49. The van der Waals surface area contributed by atoms with Gasteiger partial charge < -0.3 is 14.5 Å². The molecule has 0 radical (unpaired) electrons. The van der Waals surface area contributed by atoms with E-state index in [0.29, 0.717) is 5.76 Å². The summed E-state index contributed by atoms with van der Waals surface area (Å²) in [5.41, 5.74) is 0.774. The van der Waals surface area contributed by atoms with Gasteiger partial charge in [-0.2, -0.15) is 0 Å². The van der Waals surface area contributed by atoms with Crippen LogP contribution in [-0.2, 0) is 20.7 Å². The monoisotopic (exact) mass is 343 g/mol. The van der Waals surface area contributed by atoms with Crippen LogP contribution in [0.3, 0.4) is 0 Å². The minimum atomic E-state index is -0.413. The van der Waals surface area contributed by atoms with Gasteiger partial charge in [0.15, 0.2) is 6.61 Å². The SMILES string of the molecule is C[C@H](NC(=O)COC(=O)Cc1cccs1)c1cc2ccccc2o1. The van der Waals surface area contributed by atoms with E-state index in [1.165, 1.54) is 11.3 Å². The molecule has 5 nitrogen and oxygen atoms in total. The maximum atomic E-state index is 11.9. The molecule has 0 fully saturated rings. The number of carbonyl (C=O) groups excluding carboxylic acids is 2. The minimum absolute atomic E-state index is 0.185. The highest BCUT2D eigenvalue weighted by Crippen LogP contribution is 2.23. The van der Waals surface area contributed by atoms with Gasteiger partial charge in [0, 0.05) is 10.3 Å². The molecule has 0 unspecified atom stereocenters. The van der Waals surface area contributed by atoms with Crippen LogP contribution in [0, 0.1) is 0 Å². The number of fused-ring (bicyclic) bond motifs is 1. The maximum absolute atomic E-state index is 11.9. The van der Waals surface area contributed by atoms with Gasteiger partial charge in [0.05, 0.1) is 12.5 Å². The van der Waals surface area contributed by atoms with Gasteiger partial charge in [-0.3, -0.25) is 9.59 Å². The van der Waals surface area contributed by atoms with Crippen molar-refractivity contribution in [2.24, 2.45) is 0 Å². The number of ether oxygens (including phenoxy) is 1. The van der Waals surface area contributed by atoms with Crippen LogP contribution in [0.4, 0.5) is 0 Å². The molecule has 1 N–H and O–H groups in total. The third-order valence-corrected chi connectivity index (χ3v) is 4.39. The molecule has 6 heteroatoms. The molecule has 0 spiro atoms. The van der Waals surface area contributed by atoms with E-state index in [9.17, 15) is 9.59 Å². The van der Waals surface area contributed by atoms with Crippen LogP contribution in [0.2, 0.25) is 0 Å². The lowest BCUT2D eigenvalue weighted by molar-refractivity contribution is -0.148. The first-order valence-corrected chi connectivity index (χ1v) is 8.45. The Kier molecular flexibility index (Phi) is 4.96. The van der Waals surface area contributed by atoms with E-state index in [-0.39, 0.29) is 25.0 Å². The van der Waals surface area contributed by atoms with E-state index in [1.54, 1.807) is 0 Å². The molecule has 3 aromatic rings. The van der Waals surface area contributed by atoms with Crippen LogP contribution in [0.1, 0.15) is 23.6 Å². The molecular formula is C18H17NO4S. The van der Waals surface area contributed by atoms with E-state index in [4.69, 9.17) is 9.15 Å². The summed E-state index contributed by atoms with van der Waals surface area (Å²) in [5, 5.41) is 5.64. The summed E-state index contributed by atoms with van der Waals surface area (Å²) in [6, 6.07) is 13.0. The zero-order chi connectivity index (χ0) is 16.9. The Morgan fingerprint density at radius 2 is 2.08 bits per heavy atom. The Bertz CT molecular complexity index is 805. The molecule has 0 aliphatic heterocycles. The molecule has 2 aromatic heterocycles. The summed E-state index contributed by atoms with van der Waals surface area (Å²) in [7, 11) is 0. The molecule has 0 saturated carbocycles.